The quantitative estimate of drug-likeness (QED) is 0.171. The molecule has 0 amide bonds. The molecule has 0 radical (unpaired) electrons. The number of hydrogen-bond donors (Lipinski definition) is 0. The summed E-state index contributed by atoms with van der Waals surface area (Å²) in [4.78, 5) is 9.46. The standard InChI is InChI=1S/C74H60N6/c1-71(2)51-25-9-17-33-59(51)77(60-34-18-10-26-52(60)71)67-43-69(79-63-37-21-13-29-55(63)73(5,6)56-30-14-22-38-64(56)79)49(41-47(67)45-75)50-42-48(46-76)68(78-61-35-19-11-27-53(61)72(3,4)54-28-12-20-36-62(54)78)44-70(50)80-65-39-23-15-31-57(65)74(7,8)58-32-16-24-40-66(58)80/h9-44H,1-8H3. The molecular formula is C74H60N6. The van der Waals surface area contributed by atoms with Gasteiger partial charge in [-0.3, -0.25) is 0 Å². The summed E-state index contributed by atoms with van der Waals surface area (Å²) in [6.45, 7) is 18.4. The third kappa shape index (κ3) is 6.75. The Morgan fingerprint density at radius 3 is 0.600 bits per heavy atom. The molecule has 0 spiro atoms. The number of benzene rings is 10. The molecule has 0 atom stereocenters. The highest BCUT2D eigenvalue weighted by molar-refractivity contribution is 6.04. The molecule has 0 saturated heterocycles. The van der Waals surface area contributed by atoms with Gasteiger partial charge in [0.25, 0.3) is 0 Å². The lowest BCUT2D eigenvalue weighted by Crippen LogP contribution is -2.32. The maximum Gasteiger partial charge on any atom is 0.101 e. The molecule has 4 aliphatic heterocycles. The van der Waals surface area contributed by atoms with Crippen LogP contribution in [0.3, 0.4) is 0 Å². The molecule has 14 rings (SSSR count). The number of hydrogen-bond acceptors (Lipinski definition) is 6. The Morgan fingerprint density at radius 2 is 0.412 bits per heavy atom. The summed E-state index contributed by atoms with van der Waals surface area (Å²) in [6, 6.07) is 83.9. The van der Waals surface area contributed by atoms with Gasteiger partial charge in [0.05, 0.1) is 79.4 Å². The molecule has 0 aliphatic carbocycles. The van der Waals surface area contributed by atoms with Crippen molar-refractivity contribution < 1.29 is 0 Å². The van der Waals surface area contributed by atoms with E-state index in [2.05, 4.69) is 306 Å². The Morgan fingerprint density at radius 1 is 0.237 bits per heavy atom. The van der Waals surface area contributed by atoms with E-state index in [0.717, 1.165) is 79.4 Å². The van der Waals surface area contributed by atoms with Crippen LogP contribution in [-0.4, -0.2) is 0 Å². The average Bonchev–Trinajstić information content (AvgIpc) is 2.60. The molecule has 10 aromatic carbocycles. The second-order valence-electron chi connectivity index (χ2n) is 24.0. The molecule has 0 unspecified atom stereocenters. The van der Waals surface area contributed by atoms with Crippen molar-refractivity contribution >= 4 is 68.2 Å². The van der Waals surface area contributed by atoms with Crippen molar-refractivity contribution in [1.82, 2.24) is 0 Å². The number of rotatable bonds is 5. The van der Waals surface area contributed by atoms with Gasteiger partial charge in [0.2, 0.25) is 0 Å². The fourth-order valence-corrected chi connectivity index (χ4v) is 14.2. The summed E-state index contributed by atoms with van der Waals surface area (Å²) in [5.41, 5.74) is 22.3. The van der Waals surface area contributed by atoms with E-state index in [0.29, 0.717) is 11.1 Å². The number of nitrogens with zero attached hydrogens (tertiary/aromatic N) is 6. The van der Waals surface area contributed by atoms with Crippen LogP contribution in [0.2, 0.25) is 0 Å². The highest BCUT2D eigenvalue weighted by Crippen LogP contribution is 2.61. The fraction of sp³-hybridized carbons (Fsp3) is 0.162. The second-order valence-corrected chi connectivity index (χ2v) is 24.0. The van der Waals surface area contributed by atoms with Crippen molar-refractivity contribution in [3.05, 3.63) is 274 Å². The maximum absolute atomic E-state index is 11.9. The van der Waals surface area contributed by atoms with Gasteiger partial charge in [0, 0.05) is 32.8 Å². The van der Waals surface area contributed by atoms with Crippen molar-refractivity contribution in [2.75, 3.05) is 19.6 Å². The minimum Gasteiger partial charge on any atom is -0.309 e. The van der Waals surface area contributed by atoms with Crippen LogP contribution >= 0.6 is 0 Å². The summed E-state index contributed by atoms with van der Waals surface area (Å²) in [7, 11) is 0. The first-order valence-corrected chi connectivity index (χ1v) is 27.8. The van der Waals surface area contributed by atoms with Gasteiger partial charge in [-0.2, -0.15) is 10.5 Å². The Balaban J connectivity index is 1.14. The lowest BCUT2D eigenvalue weighted by Gasteiger charge is -2.45. The summed E-state index contributed by atoms with van der Waals surface area (Å²) in [6.07, 6.45) is 0. The van der Waals surface area contributed by atoms with Gasteiger partial charge in [-0.25, -0.2) is 0 Å². The van der Waals surface area contributed by atoms with Gasteiger partial charge in [-0.05, 0) is 117 Å². The summed E-state index contributed by atoms with van der Waals surface area (Å²) in [5, 5.41) is 23.8. The zero-order valence-corrected chi connectivity index (χ0v) is 46.5. The average molecular weight is 1030 g/mol. The van der Waals surface area contributed by atoms with Crippen LogP contribution in [-0.2, 0) is 21.7 Å². The number of anilines is 12. The van der Waals surface area contributed by atoms with Crippen molar-refractivity contribution in [3.8, 4) is 23.3 Å². The van der Waals surface area contributed by atoms with Crippen LogP contribution in [0, 0.1) is 22.7 Å². The lowest BCUT2D eigenvalue weighted by atomic mass is 9.73. The highest BCUT2D eigenvalue weighted by atomic mass is 15.2. The third-order valence-corrected chi connectivity index (χ3v) is 18.3. The normalized spacial score (nSPS) is 16.0. The summed E-state index contributed by atoms with van der Waals surface area (Å²) < 4.78 is 0. The van der Waals surface area contributed by atoms with Crippen molar-refractivity contribution in [2.45, 2.75) is 77.0 Å². The van der Waals surface area contributed by atoms with Gasteiger partial charge >= 0.3 is 0 Å². The van der Waals surface area contributed by atoms with Crippen LogP contribution in [0.1, 0.15) is 111 Å². The fourth-order valence-electron chi connectivity index (χ4n) is 14.2. The second kappa shape index (κ2) is 17.4. The largest absolute Gasteiger partial charge is 0.309 e. The van der Waals surface area contributed by atoms with E-state index >= 15 is 0 Å². The van der Waals surface area contributed by atoms with Crippen molar-refractivity contribution in [3.63, 3.8) is 0 Å². The first-order valence-electron chi connectivity index (χ1n) is 27.8. The van der Waals surface area contributed by atoms with Gasteiger partial charge in [0.15, 0.2) is 0 Å². The van der Waals surface area contributed by atoms with Crippen LogP contribution in [0.5, 0.6) is 0 Å². The Kier molecular flexibility index (Phi) is 10.6. The molecule has 386 valence electrons. The highest BCUT2D eigenvalue weighted by Gasteiger charge is 2.44. The van der Waals surface area contributed by atoms with E-state index in [-0.39, 0.29) is 21.7 Å². The molecule has 6 heteroatoms. The van der Waals surface area contributed by atoms with E-state index in [1.165, 1.54) is 44.5 Å². The van der Waals surface area contributed by atoms with E-state index in [9.17, 15) is 10.5 Å². The molecule has 0 aromatic heterocycles. The summed E-state index contributed by atoms with van der Waals surface area (Å²) in [5.74, 6) is 0. The molecule has 0 fully saturated rings. The molecule has 0 saturated carbocycles. The molecule has 4 heterocycles. The predicted molar refractivity (Wildman–Crippen MR) is 329 cm³/mol. The van der Waals surface area contributed by atoms with Crippen LogP contribution < -0.4 is 19.6 Å². The molecule has 4 aliphatic rings. The zero-order valence-electron chi connectivity index (χ0n) is 46.5. The van der Waals surface area contributed by atoms with E-state index < -0.39 is 0 Å². The van der Waals surface area contributed by atoms with E-state index in [1.54, 1.807) is 0 Å². The lowest BCUT2D eigenvalue weighted by molar-refractivity contribution is 0.631. The topological polar surface area (TPSA) is 60.5 Å². The van der Waals surface area contributed by atoms with Crippen LogP contribution in [0.15, 0.2) is 218 Å². The molecular weight excluding hydrogens is 973 g/mol. The smallest absolute Gasteiger partial charge is 0.101 e. The Labute approximate surface area is 470 Å². The van der Waals surface area contributed by atoms with Crippen LogP contribution in [0.4, 0.5) is 68.2 Å². The first-order chi connectivity index (χ1) is 38.7. The minimum atomic E-state index is -0.347. The molecule has 10 aromatic rings. The first kappa shape index (κ1) is 48.7. The number of fused-ring (bicyclic) bond motifs is 8. The minimum absolute atomic E-state index is 0.319. The molecule has 80 heavy (non-hydrogen) atoms. The van der Waals surface area contributed by atoms with Gasteiger partial charge in [0.1, 0.15) is 12.1 Å². The van der Waals surface area contributed by atoms with Gasteiger partial charge < -0.3 is 19.6 Å². The number of nitriles is 2. The van der Waals surface area contributed by atoms with Crippen LogP contribution in [0.25, 0.3) is 11.1 Å². The van der Waals surface area contributed by atoms with Gasteiger partial charge in [-0.1, -0.05) is 201 Å². The zero-order chi connectivity index (χ0) is 55.0. The van der Waals surface area contributed by atoms with Gasteiger partial charge in [-0.15, -0.1) is 0 Å². The molecule has 0 N–H and O–H groups in total. The Hall–Kier alpha value is -9.62. The van der Waals surface area contributed by atoms with E-state index in [4.69, 9.17) is 0 Å². The summed E-state index contributed by atoms with van der Waals surface area (Å²) >= 11 is 0. The maximum atomic E-state index is 11.9. The molecule has 0 bridgehead atoms. The Bertz CT molecular complexity index is 3860. The van der Waals surface area contributed by atoms with Crippen molar-refractivity contribution in [1.29, 1.82) is 10.5 Å². The predicted octanol–water partition coefficient (Wildman–Crippen LogP) is 19.5. The molecule has 6 nitrogen and oxygen atoms in total. The monoisotopic (exact) mass is 1030 g/mol. The van der Waals surface area contributed by atoms with Crippen molar-refractivity contribution in [2.24, 2.45) is 0 Å². The SMILES string of the molecule is CC1(C)c2ccccc2N(c2cc(N3c4ccccc4C(C)(C)c4ccccc43)c(-c3cc(C#N)c(N4c5ccccc5C(C)(C)c5ccccc54)cc3N3c4ccccc4C(C)(C)c4ccccc43)cc2C#N)c2ccccc21. The third-order valence-electron chi connectivity index (χ3n) is 18.3. The number of para-hydroxylation sites is 8. The van der Waals surface area contributed by atoms with E-state index in [1.807, 2.05) is 0 Å².